The molecule has 1 atom stereocenters. The maximum atomic E-state index is 12.2. The number of aromatic nitrogens is 1. The minimum Gasteiger partial charge on any atom is -0.302 e. The zero-order chi connectivity index (χ0) is 16.2. The molecule has 122 valence electrons. The van der Waals surface area contributed by atoms with Crippen molar-refractivity contribution in [3.05, 3.63) is 35.2 Å². The Morgan fingerprint density at radius 1 is 1.30 bits per heavy atom. The average Bonchev–Trinajstić information content (AvgIpc) is 3.26. The molecule has 1 aliphatic carbocycles. The smallest absolute Gasteiger partial charge is 0.229 e. The predicted octanol–water partition coefficient (Wildman–Crippen LogP) is 5.45. The number of hydrogen-bond donors (Lipinski definition) is 1. The molecule has 3 nitrogen and oxygen atoms in total. The highest BCUT2D eigenvalue weighted by atomic mass is 32.1. The van der Waals surface area contributed by atoms with Crippen molar-refractivity contribution < 1.29 is 4.79 Å². The van der Waals surface area contributed by atoms with Gasteiger partial charge in [0, 0.05) is 16.9 Å². The minimum absolute atomic E-state index is 0.135. The number of carbonyl (C=O) groups is 1. The van der Waals surface area contributed by atoms with E-state index >= 15 is 0 Å². The first kappa shape index (κ1) is 16.2. The molecule has 0 aliphatic heterocycles. The summed E-state index contributed by atoms with van der Waals surface area (Å²) in [6.07, 6.45) is 5.52. The number of thiazole rings is 1. The summed E-state index contributed by atoms with van der Waals surface area (Å²) in [5.74, 6) is 0.897. The molecule has 0 radical (unpaired) electrons. The first-order valence-corrected chi connectivity index (χ1v) is 9.42. The third-order valence-electron chi connectivity index (χ3n) is 4.85. The summed E-state index contributed by atoms with van der Waals surface area (Å²) in [5, 5.41) is 5.71. The van der Waals surface area contributed by atoms with Crippen molar-refractivity contribution in [2.45, 2.75) is 51.9 Å². The third-order valence-corrected chi connectivity index (χ3v) is 5.61. The van der Waals surface area contributed by atoms with E-state index in [4.69, 9.17) is 0 Å². The van der Waals surface area contributed by atoms with E-state index in [9.17, 15) is 4.79 Å². The fourth-order valence-corrected chi connectivity index (χ4v) is 3.80. The molecular weight excluding hydrogens is 304 g/mol. The van der Waals surface area contributed by atoms with Crippen LogP contribution >= 0.6 is 11.3 Å². The third kappa shape index (κ3) is 3.81. The first-order valence-electron chi connectivity index (χ1n) is 8.54. The molecule has 1 aromatic carbocycles. The van der Waals surface area contributed by atoms with Gasteiger partial charge in [0.1, 0.15) is 0 Å². The molecule has 1 saturated carbocycles. The number of hydrogen-bond acceptors (Lipinski definition) is 3. The van der Waals surface area contributed by atoms with E-state index in [-0.39, 0.29) is 11.8 Å². The summed E-state index contributed by atoms with van der Waals surface area (Å²) in [6, 6.07) is 8.61. The Morgan fingerprint density at radius 2 is 2.00 bits per heavy atom. The highest BCUT2D eigenvalue weighted by Gasteiger charge is 2.23. The first-order chi connectivity index (χ1) is 11.2. The van der Waals surface area contributed by atoms with Crippen LogP contribution in [0.25, 0.3) is 11.3 Å². The van der Waals surface area contributed by atoms with Gasteiger partial charge in [-0.2, -0.15) is 0 Å². The van der Waals surface area contributed by atoms with E-state index in [2.05, 4.69) is 48.4 Å². The molecule has 3 rings (SSSR count). The summed E-state index contributed by atoms with van der Waals surface area (Å²) in [6.45, 7) is 4.45. The molecule has 0 saturated heterocycles. The number of rotatable bonds is 5. The van der Waals surface area contributed by atoms with Crippen LogP contribution < -0.4 is 5.32 Å². The predicted molar refractivity (Wildman–Crippen MR) is 96.8 cm³/mol. The largest absolute Gasteiger partial charge is 0.302 e. The molecule has 1 fully saturated rings. The highest BCUT2D eigenvalue weighted by Crippen LogP contribution is 2.29. The lowest BCUT2D eigenvalue weighted by atomic mass is 9.97. The van der Waals surface area contributed by atoms with Gasteiger partial charge in [-0.1, -0.05) is 51.0 Å². The van der Waals surface area contributed by atoms with E-state index < -0.39 is 0 Å². The lowest BCUT2D eigenvalue weighted by Crippen LogP contribution is -2.20. The van der Waals surface area contributed by atoms with Gasteiger partial charge < -0.3 is 5.32 Å². The fraction of sp³-hybridized carbons (Fsp3) is 0.474. The lowest BCUT2D eigenvalue weighted by Gasteiger charge is -2.09. The summed E-state index contributed by atoms with van der Waals surface area (Å²) >= 11 is 1.50. The second kappa shape index (κ2) is 7.26. The molecule has 4 heteroatoms. The van der Waals surface area contributed by atoms with Gasteiger partial charge in [0.15, 0.2) is 5.13 Å². The Balaban J connectivity index is 1.67. The standard InChI is InChI=1S/C19H24N2OS/c1-3-13(2)14-8-10-15(11-9-14)17-12-23-19(20-17)21-18(22)16-6-4-5-7-16/h8-13,16H,3-7H2,1-2H3,(H,20,21,22). The minimum atomic E-state index is 0.135. The van der Waals surface area contributed by atoms with Crippen molar-refractivity contribution >= 4 is 22.4 Å². The van der Waals surface area contributed by atoms with Crippen molar-refractivity contribution in [3.63, 3.8) is 0 Å². The van der Waals surface area contributed by atoms with Gasteiger partial charge in [0.2, 0.25) is 5.91 Å². The molecule has 1 unspecified atom stereocenters. The molecule has 1 amide bonds. The summed E-state index contributed by atoms with van der Waals surface area (Å²) in [5.41, 5.74) is 3.41. The van der Waals surface area contributed by atoms with Crippen molar-refractivity contribution in [3.8, 4) is 11.3 Å². The monoisotopic (exact) mass is 328 g/mol. The zero-order valence-corrected chi connectivity index (χ0v) is 14.7. The van der Waals surface area contributed by atoms with E-state index in [1.165, 1.54) is 29.7 Å². The van der Waals surface area contributed by atoms with Gasteiger partial charge in [-0.25, -0.2) is 4.98 Å². The second-order valence-corrected chi connectivity index (χ2v) is 7.30. The summed E-state index contributed by atoms with van der Waals surface area (Å²) in [4.78, 5) is 16.7. The molecule has 1 aromatic heterocycles. The van der Waals surface area contributed by atoms with Gasteiger partial charge in [-0.05, 0) is 30.7 Å². The van der Waals surface area contributed by atoms with Gasteiger partial charge in [0.05, 0.1) is 5.69 Å². The average molecular weight is 328 g/mol. The van der Waals surface area contributed by atoms with Crippen LogP contribution in [0.3, 0.4) is 0 Å². The van der Waals surface area contributed by atoms with Crippen LogP contribution in [-0.4, -0.2) is 10.9 Å². The highest BCUT2D eigenvalue weighted by molar-refractivity contribution is 7.14. The summed E-state index contributed by atoms with van der Waals surface area (Å²) in [7, 11) is 0. The van der Waals surface area contributed by atoms with Crippen LogP contribution in [0, 0.1) is 5.92 Å². The number of anilines is 1. The molecule has 1 aliphatic rings. The zero-order valence-electron chi connectivity index (χ0n) is 13.8. The maximum absolute atomic E-state index is 12.2. The maximum Gasteiger partial charge on any atom is 0.229 e. The molecule has 23 heavy (non-hydrogen) atoms. The Morgan fingerprint density at radius 3 is 2.65 bits per heavy atom. The van der Waals surface area contributed by atoms with Gasteiger partial charge in [-0.15, -0.1) is 11.3 Å². The Bertz CT molecular complexity index is 656. The van der Waals surface area contributed by atoms with Crippen LogP contribution in [0.2, 0.25) is 0 Å². The van der Waals surface area contributed by atoms with Gasteiger partial charge in [0.25, 0.3) is 0 Å². The van der Waals surface area contributed by atoms with E-state index in [1.807, 2.05) is 5.38 Å². The number of nitrogens with zero attached hydrogens (tertiary/aromatic N) is 1. The van der Waals surface area contributed by atoms with Gasteiger partial charge >= 0.3 is 0 Å². The van der Waals surface area contributed by atoms with E-state index in [1.54, 1.807) is 0 Å². The normalized spacial score (nSPS) is 16.4. The van der Waals surface area contributed by atoms with Crippen molar-refractivity contribution in [2.24, 2.45) is 5.92 Å². The molecule has 0 spiro atoms. The number of nitrogens with one attached hydrogen (secondary N) is 1. The van der Waals surface area contributed by atoms with Crippen molar-refractivity contribution in [1.29, 1.82) is 0 Å². The molecular formula is C19H24N2OS. The lowest BCUT2D eigenvalue weighted by molar-refractivity contribution is -0.119. The van der Waals surface area contributed by atoms with Crippen LogP contribution in [0.1, 0.15) is 57.4 Å². The molecule has 0 bridgehead atoms. The Hall–Kier alpha value is -1.68. The van der Waals surface area contributed by atoms with Crippen LogP contribution in [0.4, 0.5) is 5.13 Å². The molecule has 1 heterocycles. The number of carbonyl (C=O) groups excluding carboxylic acids is 1. The molecule has 2 aromatic rings. The van der Waals surface area contributed by atoms with Crippen molar-refractivity contribution in [1.82, 2.24) is 4.98 Å². The van der Waals surface area contributed by atoms with Crippen LogP contribution in [0.5, 0.6) is 0 Å². The van der Waals surface area contributed by atoms with E-state index in [0.717, 1.165) is 30.5 Å². The number of benzene rings is 1. The quantitative estimate of drug-likeness (QED) is 0.792. The second-order valence-electron chi connectivity index (χ2n) is 6.44. The SMILES string of the molecule is CCC(C)c1ccc(-c2csc(NC(=O)C3CCCC3)n2)cc1. The summed E-state index contributed by atoms with van der Waals surface area (Å²) < 4.78 is 0. The Kier molecular flexibility index (Phi) is 5.11. The Labute approximate surface area is 142 Å². The van der Waals surface area contributed by atoms with Crippen molar-refractivity contribution in [2.75, 3.05) is 5.32 Å². The molecule has 1 N–H and O–H groups in total. The topological polar surface area (TPSA) is 42.0 Å². The fourth-order valence-electron chi connectivity index (χ4n) is 3.08. The van der Waals surface area contributed by atoms with Crippen LogP contribution in [-0.2, 0) is 4.79 Å². The van der Waals surface area contributed by atoms with E-state index in [0.29, 0.717) is 11.0 Å². The number of amides is 1. The van der Waals surface area contributed by atoms with Gasteiger partial charge in [-0.3, -0.25) is 4.79 Å². The van der Waals surface area contributed by atoms with Crippen LogP contribution in [0.15, 0.2) is 29.6 Å².